The second-order valence-corrected chi connectivity index (χ2v) is 6.73. The largest absolute Gasteiger partial charge is 0.493 e. The molecule has 1 aromatic heterocycles. The summed E-state index contributed by atoms with van der Waals surface area (Å²) in [6.45, 7) is 5.36. The van der Waals surface area contributed by atoms with Crippen LogP contribution in [-0.4, -0.2) is 24.1 Å². The number of aryl methyl sites for hydroxylation is 2. The third-order valence-corrected chi connectivity index (χ3v) is 4.81. The van der Waals surface area contributed by atoms with Crippen molar-refractivity contribution in [1.82, 2.24) is 10.3 Å². The summed E-state index contributed by atoms with van der Waals surface area (Å²) in [5.41, 5.74) is 3.60. The highest BCUT2D eigenvalue weighted by Crippen LogP contribution is 2.36. The van der Waals surface area contributed by atoms with Crippen molar-refractivity contribution in [2.24, 2.45) is 0 Å². The number of oxazole rings is 1. The van der Waals surface area contributed by atoms with Crippen molar-refractivity contribution < 1.29 is 18.7 Å². The maximum absolute atomic E-state index is 12.8. The Morgan fingerprint density at radius 3 is 2.92 bits per heavy atom. The lowest BCUT2D eigenvalue weighted by molar-refractivity contribution is 0.0846. The van der Waals surface area contributed by atoms with Gasteiger partial charge in [-0.3, -0.25) is 4.79 Å². The SMILES string of the molecule is Cc1cc(C)c2c(c1)[C@@H](NC(=O)c1ncoc1[C@@H]1CCCO1)CCO2. The Bertz CT molecular complexity index is 793. The molecule has 3 heterocycles. The summed E-state index contributed by atoms with van der Waals surface area (Å²) in [7, 11) is 0. The second-order valence-electron chi connectivity index (χ2n) is 6.73. The van der Waals surface area contributed by atoms with Gasteiger partial charge < -0.3 is 19.2 Å². The van der Waals surface area contributed by atoms with Crippen LogP contribution in [0.3, 0.4) is 0 Å². The lowest BCUT2D eigenvalue weighted by Gasteiger charge is -2.28. The predicted molar refractivity (Wildman–Crippen MR) is 90.7 cm³/mol. The van der Waals surface area contributed by atoms with E-state index in [-0.39, 0.29) is 18.1 Å². The van der Waals surface area contributed by atoms with Crippen LogP contribution < -0.4 is 10.1 Å². The Kier molecular flexibility index (Phi) is 4.21. The summed E-state index contributed by atoms with van der Waals surface area (Å²) in [6, 6.07) is 4.08. The van der Waals surface area contributed by atoms with Gasteiger partial charge in [0.25, 0.3) is 5.91 Å². The highest BCUT2D eigenvalue weighted by Gasteiger charge is 2.31. The number of fused-ring (bicyclic) bond motifs is 1. The molecule has 1 fully saturated rings. The second kappa shape index (κ2) is 6.52. The molecule has 0 unspecified atom stereocenters. The van der Waals surface area contributed by atoms with E-state index in [1.54, 1.807) is 0 Å². The molecule has 2 aromatic rings. The van der Waals surface area contributed by atoms with Gasteiger partial charge in [-0.25, -0.2) is 4.98 Å². The van der Waals surface area contributed by atoms with Gasteiger partial charge in [-0.1, -0.05) is 17.7 Å². The number of carbonyl (C=O) groups excluding carboxylic acids is 1. The monoisotopic (exact) mass is 342 g/mol. The van der Waals surface area contributed by atoms with E-state index in [0.717, 1.165) is 41.7 Å². The van der Waals surface area contributed by atoms with Gasteiger partial charge in [-0.2, -0.15) is 0 Å². The average Bonchev–Trinajstić information content (AvgIpc) is 3.26. The Morgan fingerprint density at radius 1 is 1.24 bits per heavy atom. The summed E-state index contributed by atoms with van der Waals surface area (Å²) in [5, 5.41) is 3.10. The van der Waals surface area contributed by atoms with Crippen molar-refractivity contribution in [3.05, 3.63) is 46.7 Å². The van der Waals surface area contributed by atoms with Gasteiger partial charge in [0.1, 0.15) is 11.9 Å². The molecule has 4 rings (SSSR count). The van der Waals surface area contributed by atoms with E-state index in [1.807, 2.05) is 13.8 Å². The van der Waals surface area contributed by atoms with Gasteiger partial charge in [0.05, 0.1) is 12.6 Å². The first-order valence-electron chi connectivity index (χ1n) is 8.73. The molecule has 25 heavy (non-hydrogen) atoms. The number of hydrogen-bond acceptors (Lipinski definition) is 5. The van der Waals surface area contributed by atoms with Gasteiger partial charge in [-0.15, -0.1) is 0 Å². The van der Waals surface area contributed by atoms with Crippen LogP contribution in [0.2, 0.25) is 0 Å². The average molecular weight is 342 g/mol. The molecule has 1 N–H and O–H groups in total. The standard InChI is InChI=1S/C19H22N2O4/c1-11-8-12(2)17-13(9-11)14(5-7-24-17)21-19(22)16-18(25-10-20-16)15-4-3-6-23-15/h8-10,14-15H,3-7H2,1-2H3,(H,21,22)/t14-,15-/m0/s1. The summed E-state index contributed by atoms with van der Waals surface area (Å²) in [5.74, 6) is 1.18. The van der Waals surface area contributed by atoms with Crippen LogP contribution in [0.5, 0.6) is 5.75 Å². The number of amides is 1. The number of hydrogen-bond donors (Lipinski definition) is 1. The summed E-state index contributed by atoms with van der Waals surface area (Å²) in [6.07, 6.45) is 3.70. The predicted octanol–water partition coefficient (Wildman–Crippen LogP) is 3.40. The van der Waals surface area contributed by atoms with Gasteiger partial charge in [0, 0.05) is 18.6 Å². The van der Waals surface area contributed by atoms with Gasteiger partial charge >= 0.3 is 0 Å². The molecule has 0 spiro atoms. The maximum Gasteiger partial charge on any atom is 0.274 e. The summed E-state index contributed by atoms with van der Waals surface area (Å²) >= 11 is 0. The number of aromatic nitrogens is 1. The van der Waals surface area contributed by atoms with Crippen molar-refractivity contribution in [3.63, 3.8) is 0 Å². The molecule has 0 radical (unpaired) electrons. The Balaban J connectivity index is 1.58. The normalized spacial score (nSPS) is 22.3. The highest BCUT2D eigenvalue weighted by atomic mass is 16.5. The first kappa shape index (κ1) is 16.1. The number of rotatable bonds is 3. The molecule has 0 bridgehead atoms. The third kappa shape index (κ3) is 3.02. The number of benzene rings is 1. The van der Waals surface area contributed by atoms with E-state index in [9.17, 15) is 4.79 Å². The first-order chi connectivity index (χ1) is 12.1. The van der Waals surface area contributed by atoms with Crippen LogP contribution in [0.15, 0.2) is 22.9 Å². The molecule has 2 aliphatic heterocycles. The molecule has 1 aromatic carbocycles. The Labute approximate surface area is 146 Å². The van der Waals surface area contributed by atoms with Crippen molar-refractivity contribution in [2.45, 2.75) is 45.3 Å². The van der Waals surface area contributed by atoms with Gasteiger partial charge in [-0.05, 0) is 32.3 Å². The fourth-order valence-corrected chi connectivity index (χ4v) is 3.69. The molecule has 6 nitrogen and oxygen atoms in total. The smallest absolute Gasteiger partial charge is 0.274 e. The zero-order valence-electron chi connectivity index (χ0n) is 14.5. The minimum Gasteiger partial charge on any atom is -0.493 e. The van der Waals surface area contributed by atoms with Crippen molar-refractivity contribution >= 4 is 5.91 Å². The van der Waals surface area contributed by atoms with E-state index < -0.39 is 0 Å². The topological polar surface area (TPSA) is 73.6 Å². The van der Waals surface area contributed by atoms with Crippen LogP contribution in [0.4, 0.5) is 0 Å². The Hall–Kier alpha value is -2.34. The number of nitrogens with one attached hydrogen (secondary N) is 1. The van der Waals surface area contributed by atoms with Crippen molar-refractivity contribution in [3.8, 4) is 5.75 Å². The Morgan fingerprint density at radius 2 is 2.12 bits per heavy atom. The summed E-state index contributed by atoms with van der Waals surface area (Å²) < 4.78 is 16.9. The number of nitrogens with zero attached hydrogens (tertiary/aromatic N) is 1. The molecular weight excluding hydrogens is 320 g/mol. The zero-order chi connectivity index (χ0) is 17.4. The molecular formula is C19H22N2O4. The highest BCUT2D eigenvalue weighted by molar-refractivity contribution is 5.93. The van der Waals surface area contributed by atoms with Crippen LogP contribution >= 0.6 is 0 Å². The molecule has 0 saturated carbocycles. The van der Waals surface area contributed by atoms with Gasteiger partial charge in [0.2, 0.25) is 0 Å². The van der Waals surface area contributed by atoms with Crippen LogP contribution in [0.25, 0.3) is 0 Å². The lowest BCUT2D eigenvalue weighted by Crippen LogP contribution is -2.33. The minimum atomic E-state index is -0.226. The number of ether oxygens (including phenoxy) is 2. The van der Waals surface area contributed by atoms with E-state index in [0.29, 0.717) is 24.7 Å². The van der Waals surface area contributed by atoms with Crippen LogP contribution in [-0.2, 0) is 4.74 Å². The molecule has 1 saturated heterocycles. The van der Waals surface area contributed by atoms with Gasteiger partial charge in [0.15, 0.2) is 17.8 Å². The van der Waals surface area contributed by atoms with E-state index in [1.165, 1.54) is 6.39 Å². The van der Waals surface area contributed by atoms with E-state index in [4.69, 9.17) is 13.9 Å². The molecule has 132 valence electrons. The van der Waals surface area contributed by atoms with Crippen LogP contribution in [0, 0.1) is 13.8 Å². The lowest BCUT2D eigenvalue weighted by atomic mass is 9.95. The molecule has 2 atom stereocenters. The van der Waals surface area contributed by atoms with Crippen LogP contribution in [0.1, 0.15) is 64.3 Å². The first-order valence-corrected chi connectivity index (χ1v) is 8.73. The van der Waals surface area contributed by atoms with Crippen molar-refractivity contribution in [1.29, 1.82) is 0 Å². The fraction of sp³-hybridized carbons (Fsp3) is 0.474. The molecule has 1 amide bonds. The minimum absolute atomic E-state index is 0.0936. The zero-order valence-corrected chi connectivity index (χ0v) is 14.5. The fourth-order valence-electron chi connectivity index (χ4n) is 3.69. The third-order valence-electron chi connectivity index (χ3n) is 4.81. The molecule has 0 aliphatic carbocycles. The van der Waals surface area contributed by atoms with Crippen molar-refractivity contribution in [2.75, 3.05) is 13.2 Å². The molecule has 6 heteroatoms. The summed E-state index contributed by atoms with van der Waals surface area (Å²) in [4.78, 5) is 16.9. The number of carbonyl (C=O) groups is 1. The quantitative estimate of drug-likeness (QED) is 0.925. The van der Waals surface area contributed by atoms with E-state index >= 15 is 0 Å². The molecule has 2 aliphatic rings. The maximum atomic E-state index is 12.8. The van der Waals surface area contributed by atoms with E-state index in [2.05, 4.69) is 22.4 Å².